The maximum Gasteiger partial charge on any atom is 0.0771 e. The van der Waals surface area contributed by atoms with Gasteiger partial charge < -0.3 is 9.64 Å². The third-order valence-electron chi connectivity index (χ3n) is 6.00. The Kier molecular flexibility index (Phi) is 4.70. The van der Waals surface area contributed by atoms with Crippen LogP contribution in [0.25, 0.3) is 0 Å². The van der Waals surface area contributed by atoms with Crippen LogP contribution in [-0.4, -0.2) is 54.7 Å². The highest BCUT2D eigenvalue weighted by molar-refractivity contribution is 5.22. The first kappa shape index (κ1) is 15.6. The minimum absolute atomic E-state index is 0.488. The number of rotatable bonds is 6. The predicted octanol–water partition coefficient (Wildman–Crippen LogP) is 3.07. The van der Waals surface area contributed by atoms with Gasteiger partial charge in [-0.25, -0.2) is 0 Å². The van der Waals surface area contributed by atoms with Crippen molar-refractivity contribution in [3.8, 4) is 0 Å². The lowest BCUT2D eigenvalue weighted by Gasteiger charge is -2.27. The Labute approximate surface area is 140 Å². The van der Waals surface area contributed by atoms with Crippen LogP contribution >= 0.6 is 0 Å². The molecule has 3 nitrogen and oxygen atoms in total. The summed E-state index contributed by atoms with van der Waals surface area (Å²) in [4.78, 5) is 5.23. The van der Waals surface area contributed by atoms with E-state index < -0.39 is 0 Å². The van der Waals surface area contributed by atoms with Gasteiger partial charge in [0.25, 0.3) is 0 Å². The summed E-state index contributed by atoms with van der Waals surface area (Å²) in [6, 6.07) is 9.61. The molecule has 3 aliphatic rings. The van der Waals surface area contributed by atoms with E-state index >= 15 is 0 Å². The van der Waals surface area contributed by atoms with Gasteiger partial charge in [0, 0.05) is 25.7 Å². The second-order valence-corrected chi connectivity index (χ2v) is 7.71. The molecule has 126 valence electrons. The van der Waals surface area contributed by atoms with E-state index in [1.54, 1.807) is 0 Å². The normalized spacial score (nSPS) is 31.3. The molecule has 3 fully saturated rings. The molecule has 0 aromatic heterocycles. The van der Waals surface area contributed by atoms with Gasteiger partial charge in [0.05, 0.1) is 12.7 Å². The zero-order valence-electron chi connectivity index (χ0n) is 14.4. The van der Waals surface area contributed by atoms with Crippen molar-refractivity contribution in [2.75, 3.05) is 32.8 Å². The number of likely N-dealkylation sites (tertiary alicyclic amines) is 2. The summed E-state index contributed by atoms with van der Waals surface area (Å²) in [5.74, 6) is 0.767. The Morgan fingerprint density at radius 1 is 1.17 bits per heavy atom. The van der Waals surface area contributed by atoms with Crippen molar-refractivity contribution in [2.45, 2.75) is 51.3 Å². The van der Waals surface area contributed by atoms with Gasteiger partial charge in [-0.2, -0.15) is 0 Å². The summed E-state index contributed by atoms with van der Waals surface area (Å²) in [6.07, 6.45) is 5.92. The quantitative estimate of drug-likeness (QED) is 0.802. The van der Waals surface area contributed by atoms with Crippen LogP contribution in [-0.2, 0) is 11.3 Å². The molecule has 0 unspecified atom stereocenters. The topological polar surface area (TPSA) is 15.7 Å². The number of piperidine rings is 1. The standard InChI is InChI=1S/C20H30N2O/c1-16-5-4-6-17(13-16)14-22-15-18-7-8-19(22)20(18)23-12-11-21-9-2-3-10-21/h4-6,13,18-20H,2-3,7-12,14-15H2,1H3/t18-,19+,20-/m1/s1. The van der Waals surface area contributed by atoms with E-state index in [1.165, 1.54) is 56.4 Å². The molecule has 1 aromatic carbocycles. The Balaban J connectivity index is 1.30. The van der Waals surface area contributed by atoms with Gasteiger partial charge in [0.15, 0.2) is 0 Å². The monoisotopic (exact) mass is 314 g/mol. The van der Waals surface area contributed by atoms with Crippen molar-refractivity contribution in [3.63, 3.8) is 0 Å². The average molecular weight is 314 g/mol. The summed E-state index contributed by atoms with van der Waals surface area (Å²) in [7, 11) is 0. The highest BCUT2D eigenvalue weighted by Crippen LogP contribution is 2.40. The summed E-state index contributed by atoms with van der Waals surface area (Å²) >= 11 is 0. The molecule has 23 heavy (non-hydrogen) atoms. The lowest BCUT2D eigenvalue weighted by Crippen LogP contribution is -2.35. The van der Waals surface area contributed by atoms with Crippen LogP contribution in [0.15, 0.2) is 24.3 Å². The maximum absolute atomic E-state index is 6.36. The van der Waals surface area contributed by atoms with Gasteiger partial charge in [-0.3, -0.25) is 4.90 Å². The zero-order valence-corrected chi connectivity index (χ0v) is 14.4. The Bertz CT molecular complexity index is 526. The van der Waals surface area contributed by atoms with E-state index in [9.17, 15) is 0 Å². The Hall–Kier alpha value is -0.900. The van der Waals surface area contributed by atoms with Crippen LogP contribution in [0, 0.1) is 12.8 Å². The first-order valence-electron chi connectivity index (χ1n) is 9.43. The first-order chi connectivity index (χ1) is 11.3. The number of ether oxygens (including phenoxy) is 1. The summed E-state index contributed by atoms with van der Waals surface area (Å²) in [5, 5.41) is 0. The van der Waals surface area contributed by atoms with Gasteiger partial charge in [0.1, 0.15) is 0 Å². The van der Waals surface area contributed by atoms with Crippen molar-refractivity contribution in [1.82, 2.24) is 9.80 Å². The van der Waals surface area contributed by atoms with Crippen molar-refractivity contribution < 1.29 is 4.74 Å². The van der Waals surface area contributed by atoms with Crippen LogP contribution in [0.1, 0.15) is 36.8 Å². The lowest BCUT2D eigenvalue weighted by molar-refractivity contribution is 0.0174. The molecule has 1 saturated carbocycles. The average Bonchev–Trinajstić information content (AvgIpc) is 3.24. The molecule has 1 aliphatic carbocycles. The minimum atomic E-state index is 0.488. The molecule has 0 radical (unpaired) electrons. The van der Waals surface area contributed by atoms with Gasteiger partial charge in [-0.1, -0.05) is 29.8 Å². The molecule has 2 saturated heterocycles. The molecule has 0 spiro atoms. The third-order valence-corrected chi connectivity index (χ3v) is 6.00. The maximum atomic E-state index is 6.36. The third kappa shape index (κ3) is 3.47. The minimum Gasteiger partial charge on any atom is -0.375 e. The van der Waals surface area contributed by atoms with Crippen molar-refractivity contribution >= 4 is 0 Å². The van der Waals surface area contributed by atoms with Crippen LogP contribution in [0.4, 0.5) is 0 Å². The zero-order chi connectivity index (χ0) is 15.6. The lowest BCUT2D eigenvalue weighted by atomic mass is 10.1. The summed E-state index contributed by atoms with van der Waals surface area (Å²) in [6.45, 7) is 9.12. The van der Waals surface area contributed by atoms with Crippen LogP contribution in [0.5, 0.6) is 0 Å². The molecule has 0 amide bonds. The summed E-state index contributed by atoms with van der Waals surface area (Å²) in [5.41, 5.74) is 2.82. The van der Waals surface area contributed by atoms with E-state index in [2.05, 4.69) is 41.0 Å². The smallest absolute Gasteiger partial charge is 0.0771 e. The Morgan fingerprint density at radius 3 is 2.87 bits per heavy atom. The fourth-order valence-electron chi connectivity index (χ4n) is 4.85. The molecule has 1 aromatic rings. The van der Waals surface area contributed by atoms with Gasteiger partial charge in [-0.15, -0.1) is 0 Å². The SMILES string of the molecule is Cc1cccc(CN2C[C@H]3CC[C@H]2[C@@H]3OCCN2CCCC2)c1. The van der Waals surface area contributed by atoms with Crippen LogP contribution < -0.4 is 0 Å². The molecular formula is C20H30N2O. The summed E-state index contributed by atoms with van der Waals surface area (Å²) < 4.78 is 6.36. The molecule has 3 heteroatoms. The first-order valence-corrected chi connectivity index (χ1v) is 9.43. The second-order valence-electron chi connectivity index (χ2n) is 7.71. The number of hydrogen-bond donors (Lipinski definition) is 0. The predicted molar refractivity (Wildman–Crippen MR) is 93.5 cm³/mol. The van der Waals surface area contributed by atoms with E-state index in [0.717, 1.165) is 25.6 Å². The van der Waals surface area contributed by atoms with Gasteiger partial charge >= 0.3 is 0 Å². The number of nitrogens with zero attached hydrogens (tertiary/aromatic N) is 2. The fraction of sp³-hybridized carbons (Fsp3) is 0.700. The second kappa shape index (κ2) is 6.92. The highest BCUT2D eigenvalue weighted by atomic mass is 16.5. The molecule has 3 atom stereocenters. The molecule has 4 rings (SSSR count). The molecule has 2 bridgehead atoms. The molecule has 2 heterocycles. The Morgan fingerprint density at radius 2 is 2.04 bits per heavy atom. The fourth-order valence-corrected chi connectivity index (χ4v) is 4.85. The van der Waals surface area contributed by atoms with Crippen molar-refractivity contribution in [2.24, 2.45) is 5.92 Å². The van der Waals surface area contributed by atoms with Crippen molar-refractivity contribution in [3.05, 3.63) is 35.4 Å². The molecular weight excluding hydrogens is 284 g/mol. The van der Waals surface area contributed by atoms with Crippen molar-refractivity contribution in [1.29, 1.82) is 0 Å². The number of aryl methyl sites for hydroxylation is 1. The van der Waals surface area contributed by atoms with Gasteiger partial charge in [-0.05, 0) is 57.2 Å². The van der Waals surface area contributed by atoms with E-state index in [4.69, 9.17) is 4.74 Å². The van der Waals surface area contributed by atoms with Gasteiger partial charge in [0.2, 0.25) is 0 Å². The molecule has 2 aliphatic heterocycles. The highest BCUT2D eigenvalue weighted by Gasteiger charge is 2.47. The van der Waals surface area contributed by atoms with E-state index in [1.807, 2.05) is 0 Å². The number of fused-ring (bicyclic) bond motifs is 2. The number of hydrogen-bond acceptors (Lipinski definition) is 3. The number of benzene rings is 1. The van der Waals surface area contributed by atoms with E-state index in [-0.39, 0.29) is 0 Å². The van der Waals surface area contributed by atoms with Crippen LogP contribution in [0.3, 0.4) is 0 Å². The largest absolute Gasteiger partial charge is 0.375 e. The van der Waals surface area contributed by atoms with E-state index in [0.29, 0.717) is 12.1 Å². The molecule has 0 N–H and O–H groups in total. The van der Waals surface area contributed by atoms with Crippen LogP contribution in [0.2, 0.25) is 0 Å².